The maximum atomic E-state index is 13.3. The standard InChI is InChI=1S/C25H23ClN2O3S2/c26-19-8-11-21(12-9-19)33(29,30)28-15-4-7-23(28)25-27-22-13-10-20(17-24(22)32-25)31-16-14-18-5-2-1-3-6-18/h1-3,5-6,8-13,17,23H,4,7,14-16H2. The van der Waals surface area contributed by atoms with Gasteiger partial charge in [0, 0.05) is 18.0 Å². The monoisotopic (exact) mass is 498 g/mol. The number of benzene rings is 3. The molecule has 3 aromatic carbocycles. The first kappa shape index (κ1) is 22.3. The molecule has 0 saturated carbocycles. The van der Waals surface area contributed by atoms with Crippen LogP contribution in [-0.4, -0.2) is 30.9 Å². The van der Waals surface area contributed by atoms with Crippen molar-refractivity contribution in [3.63, 3.8) is 0 Å². The van der Waals surface area contributed by atoms with Gasteiger partial charge < -0.3 is 4.74 Å². The zero-order chi connectivity index (χ0) is 22.8. The van der Waals surface area contributed by atoms with E-state index in [0.717, 1.165) is 40.2 Å². The van der Waals surface area contributed by atoms with Gasteiger partial charge in [-0.3, -0.25) is 0 Å². The minimum absolute atomic E-state index is 0.258. The van der Waals surface area contributed by atoms with Crippen LogP contribution in [0.5, 0.6) is 5.75 Å². The molecule has 2 heterocycles. The Hall–Kier alpha value is -2.45. The number of fused-ring (bicyclic) bond motifs is 1. The molecule has 1 atom stereocenters. The fourth-order valence-corrected chi connectivity index (χ4v) is 7.10. The van der Waals surface area contributed by atoms with Crippen LogP contribution in [0.15, 0.2) is 77.7 Å². The molecule has 0 N–H and O–H groups in total. The first-order valence-corrected chi connectivity index (χ1v) is 13.5. The van der Waals surface area contributed by atoms with E-state index in [1.807, 2.05) is 36.4 Å². The van der Waals surface area contributed by atoms with E-state index < -0.39 is 10.0 Å². The Balaban J connectivity index is 1.34. The molecule has 1 saturated heterocycles. The fraction of sp³-hybridized carbons (Fsp3) is 0.240. The second-order valence-electron chi connectivity index (χ2n) is 7.99. The van der Waals surface area contributed by atoms with Crippen LogP contribution >= 0.6 is 22.9 Å². The van der Waals surface area contributed by atoms with E-state index in [-0.39, 0.29) is 10.9 Å². The van der Waals surface area contributed by atoms with Gasteiger partial charge in [-0.1, -0.05) is 41.9 Å². The highest BCUT2D eigenvalue weighted by atomic mass is 35.5. The van der Waals surface area contributed by atoms with Gasteiger partial charge in [-0.15, -0.1) is 11.3 Å². The summed E-state index contributed by atoms with van der Waals surface area (Å²) in [6.45, 7) is 1.08. The van der Waals surface area contributed by atoms with E-state index in [1.165, 1.54) is 16.9 Å². The summed E-state index contributed by atoms with van der Waals surface area (Å²) in [5, 5.41) is 1.33. The van der Waals surface area contributed by atoms with Crippen molar-refractivity contribution in [2.75, 3.05) is 13.2 Å². The average Bonchev–Trinajstić information content (AvgIpc) is 3.47. The van der Waals surface area contributed by atoms with Crippen molar-refractivity contribution < 1.29 is 13.2 Å². The van der Waals surface area contributed by atoms with E-state index in [9.17, 15) is 8.42 Å². The molecule has 33 heavy (non-hydrogen) atoms. The predicted molar refractivity (Wildman–Crippen MR) is 133 cm³/mol. The van der Waals surface area contributed by atoms with E-state index in [1.54, 1.807) is 28.6 Å². The molecule has 0 amide bonds. The van der Waals surface area contributed by atoms with Gasteiger partial charge in [-0.05, 0) is 60.9 Å². The van der Waals surface area contributed by atoms with Crippen LogP contribution in [0.1, 0.15) is 29.5 Å². The maximum Gasteiger partial charge on any atom is 0.243 e. The lowest BCUT2D eigenvalue weighted by atomic mass is 10.2. The molecule has 5 rings (SSSR count). The summed E-state index contributed by atoms with van der Waals surface area (Å²) in [6.07, 6.45) is 2.40. The first-order chi connectivity index (χ1) is 16.0. The molecular weight excluding hydrogens is 476 g/mol. The molecule has 1 unspecified atom stereocenters. The lowest BCUT2D eigenvalue weighted by Gasteiger charge is -2.22. The number of hydrogen-bond acceptors (Lipinski definition) is 5. The molecule has 1 aromatic heterocycles. The quantitative estimate of drug-likeness (QED) is 0.309. The molecule has 1 fully saturated rings. The van der Waals surface area contributed by atoms with Crippen LogP contribution in [0.2, 0.25) is 5.02 Å². The van der Waals surface area contributed by atoms with Crippen molar-refractivity contribution in [3.05, 3.63) is 88.4 Å². The van der Waals surface area contributed by atoms with Crippen LogP contribution in [-0.2, 0) is 16.4 Å². The number of hydrogen-bond donors (Lipinski definition) is 0. The lowest BCUT2D eigenvalue weighted by molar-refractivity contribution is 0.322. The zero-order valence-electron chi connectivity index (χ0n) is 17.9. The molecule has 0 spiro atoms. The van der Waals surface area contributed by atoms with E-state index >= 15 is 0 Å². The molecule has 1 aliphatic heterocycles. The molecule has 8 heteroatoms. The summed E-state index contributed by atoms with van der Waals surface area (Å²) in [7, 11) is -3.62. The number of aromatic nitrogens is 1. The summed E-state index contributed by atoms with van der Waals surface area (Å²) in [6, 6.07) is 22.2. The summed E-state index contributed by atoms with van der Waals surface area (Å²) in [5.74, 6) is 0.797. The third-order valence-electron chi connectivity index (χ3n) is 5.79. The van der Waals surface area contributed by atoms with E-state index in [0.29, 0.717) is 18.2 Å². The largest absolute Gasteiger partial charge is 0.493 e. The Morgan fingerprint density at radius 1 is 1.06 bits per heavy atom. The summed E-state index contributed by atoms with van der Waals surface area (Å²) in [4.78, 5) is 5.03. The Bertz CT molecular complexity index is 1360. The van der Waals surface area contributed by atoms with Crippen molar-refractivity contribution in [1.82, 2.24) is 9.29 Å². The zero-order valence-corrected chi connectivity index (χ0v) is 20.2. The predicted octanol–water partition coefficient (Wildman–Crippen LogP) is 6.10. The summed E-state index contributed by atoms with van der Waals surface area (Å²) < 4.78 is 35.1. The SMILES string of the molecule is O=S(=O)(c1ccc(Cl)cc1)N1CCCC1c1nc2ccc(OCCc3ccccc3)cc2s1. The highest BCUT2D eigenvalue weighted by Gasteiger charge is 2.37. The number of thiazole rings is 1. The molecule has 170 valence electrons. The molecule has 4 aromatic rings. The minimum Gasteiger partial charge on any atom is -0.493 e. The Morgan fingerprint density at radius 2 is 1.85 bits per heavy atom. The molecule has 0 bridgehead atoms. The van der Waals surface area contributed by atoms with E-state index in [4.69, 9.17) is 21.3 Å². The minimum atomic E-state index is -3.62. The number of nitrogens with zero attached hydrogens (tertiary/aromatic N) is 2. The van der Waals surface area contributed by atoms with Crippen LogP contribution < -0.4 is 4.74 Å². The topological polar surface area (TPSA) is 59.5 Å². The van der Waals surface area contributed by atoms with Crippen molar-refractivity contribution >= 4 is 43.2 Å². The highest BCUT2D eigenvalue weighted by molar-refractivity contribution is 7.89. The van der Waals surface area contributed by atoms with Gasteiger partial charge in [0.1, 0.15) is 10.8 Å². The molecule has 0 radical (unpaired) electrons. The van der Waals surface area contributed by atoms with Gasteiger partial charge >= 0.3 is 0 Å². The number of ether oxygens (including phenoxy) is 1. The number of halogens is 1. The van der Waals surface area contributed by atoms with Crippen molar-refractivity contribution in [2.24, 2.45) is 0 Å². The smallest absolute Gasteiger partial charge is 0.243 e. The van der Waals surface area contributed by atoms with Gasteiger partial charge in [0.2, 0.25) is 10.0 Å². The highest BCUT2D eigenvalue weighted by Crippen LogP contribution is 2.40. The third-order valence-corrected chi connectivity index (χ3v) is 9.08. The molecule has 0 aliphatic carbocycles. The van der Waals surface area contributed by atoms with Crippen molar-refractivity contribution in [1.29, 1.82) is 0 Å². The van der Waals surface area contributed by atoms with Crippen LogP contribution in [0.25, 0.3) is 10.2 Å². The van der Waals surface area contributed by atoms with Crippen molar-refractivity contribution in [2.45, 2.75) is 30.2 Å². The Labute approximate surface area is 202 Å². The van der Waals surface area contributed by atoms with Gasteiger partial charge in [-0.2, -0.15) is 4.31 Å². The van der Waals surface area contributed by atoms with Crippen molar-refractivity contribution in [3.8, 4) is 5.75 Å². The molecule has 5 nitrogen and oxygen atoms in total. The van der Waals surface area contributed by atoms with Crippen LogP contribution in [0, 0.1) is 0 Å². The molecular formula is C25H23ClN2O3S2. The van der Waals surface area contributed by atoms with Gasteiger partial charge in [0.15, 0.2) is 0 Å². The fourth-order valence-electron chi connectivity index (χ4n) is 4.10. The van der Waals surface area contributed by atoms with E-state index in [2.05, 4.69) is 12.1 Å². The lowest BCUT2D eigenvalue weighted by Crippen LogP contribution is -2.30. The summed E-state index contributed by atoms with van der Waals surface area (Å²) >= 11 is 7.48. The van der Waals surface area contributed by atoms with Gasteiger partial charge in [0.05, 0.1) is 27.8 Å². The average molecular weight is 499 g/mol. The summed E-state index contributed by atoms with van der Waals surface area (Å²) in [5.41, 5.74) is 2.10. The normalized spacial score (nSPS) is 16.9. The van der Waals surface area contributed by atoms with Gasteiger partial charge in [0.25, 0.3) is 0 Å². The second kappa shape index (κ2) is 9.43. The molecule has 1 aliphatic rings. The van der Waals surface area contributed by atoms with Crippen LogP contribution in [0.3, 0.4) is 0 Å². The van der Waals surface area contributed by atoms with Gasteiger partial charge in [-0.25, -0.2) is 13.4 Å². The first-order valence-electron chi connectivity index (χ1n) is 10.9. The Morgan fingerprint density at radius 3 is 2.64 bits per heavy atom. The Kier molecular flexibility index (Phi) is 6.38. The second-order valence-corrected chi connectivity index (χ2v) is 11.4. The number of sulfonamides is 1. The van der Waals surface area contributed by atoms with Crippen LogP contribution in [0.4, 0.5) is 0 Å². The maximum absolute atomic E-state index is 13.3. The number of rotatable bonds is 7. The third kappa shape index (κ3) is 4.77.